The first-order chi connectivity index (χ1) is 10.6. The third kappa shape index (κ3) is 4.56. The monoisotopic (exact) mass is 319 g/mol. The normalized spacial score (nSPS) is 12.4. The molecule has 7 heteroatoms. The van der Waals surface area contributed by atoms with Gasteiger partial charge in [-0.2, -0.15) is 0 Å². The van der Waals surface area contributed by atoms with Gasteiger partial charge < -0.3 is 5.32 Å². The molecular formula is C15H21N5OS. The summed E-state index contributed by atoms with van der Waals surface area (Å²) in [5.41, 5.74) is 1.21. The number of rotatable bonds is 7. The van der Waals surface area contributed by atoms with Crippen molar-refractivity contribution in [2.45, 2.75) is 43.6 Å². The quantitative estimate of drug-likeness (QED) is 0.791. The lowest BCUT2D eigenvalue weighted by Crippen LogP contribution is -2.32. The number of nitrogens with zero attached hydrogens (tertiary/aromatic N) is 4. The summed E-state index contributed by atoms with van der Waals surface area (Å²) in [7, 11) is 0. The first-order valence-corrected chi connectivity index (χ1v) is 8.22. The van der Waals surface area contributed by atoms with E-state index in [1.165, 1.54) is 17.3 Å². The van der Waals surface area contributed by atoms with Crippen LogP contribution in [0.5, 0.6) is 0 Å². The van der Waals surface area contributed by atoms with E-state index >= 15 is 0 Å². The molecular weight excluding hydrogens is 298 g/mol. The summed E-state index contributed by atoms with van der Waals surface area (Å²) < 4.78 is 1.72. The van der Waals surface area contributed by atoms with Crippen LogP contribution in [0.25, 0.3) is 0 Å². The van der Waals surface area contributed by atoms with Gasteiger partial charge in [-0.1, -0.05) is 42.1 Å². The fraction of sp³-hybridized carbons (Fsp3) is 0.467. The van der Waals surface area contributed by atoms with E-state index in [1.807, 2.05) is 39.0 Å². The maximum Gasteiger partial charge on any atom is 0.233 e. The third-order valence-electron chi connectivity index (χ3n) is 3.16. The maximum absolute atomic E-state index is 12.1. The van der Waals surface area contributed by atoms with Gasteiger partial charge in [0.15, 0.2) is 0 Å². The first-order valence-electron chi connectivity index (χ1n) is 7.34. The number of carbonyl (C=O) groups excluding carboxylic acids is 1. The van der Waals surface area contributed by atoms with Gasteiger partial charge in [-0.3, -0.25) is 4.79 Å². The van der Waals surface area contributed by atoms with Crippen LogP contribution in [0, 0.1) is 0 Å². The van der Waals surface area contributed by atoms with Crippen LogP contribution in [0.3, 0.4) is 0 Å². The highest BCUT2D eigenvalue weighted by atomic mass is 32.2. The highest BCUT2D eigenvalue weighted by Crippen LogP contribution is 2.22. The van der Waals surface area contributed by atoms with Gasteiger partial charge >= 0.3 is 0 Å². The first kappa shape index (κ1) is 16.5. The Kier molecular flexibility index (Phi) is 5.94. The van der Waals surface area contributed by atoms with Crippen LogP contribution >= 0.6 is 11.8 Å². The second kappa shape index (κ2) is 7.93. The largest absolute Gasteiger partial charge is 0.355 e. The molecule has 22 heavy (non-hydrogen) atoms. The van der Waals surface area contributed by atoms with E-state index in [0.29, 0.717) is 11.7 Å². The average molecular weight is 319 g/mol. The lowest BCUT2D eigenvalue weighted by Gasteiger charge is -2.12. The van der Waals surface area contributed by atoms with Crippen LogP contribution in [0.2, 0.25) is 0 Å². The summed E-state index contributed by atoms with van der Waals surface area (Å²) in [6, 6.07) is 10.3. The fourth-order valence-corrected chi connectivity index (χ4v) is 2.86. The molecule has 0 radical (unpaired) electrons. The van der Waals surface area contributed by atoms with E-state index in [-0.39, 0.29) is 17.2 Å². The van der Waals surface area contributed by atoms with E-state index in [0.717, 1.165) is 6.42 Å². The van der Waals surface area contributed by atoms with Crippen molar-refractivity contribution in [3.8, 4) is 0 Å². The predicted molar refractivity (Wildman–Crippen MR) is 86.7 cm³/mol. The topological polar surface area (TPSA) is 72.7 Å². The fourth-order valence-electron chi connectivity index (χ4n) is 1.92. The van der Waals surface area contributed by atoms with Crippen LogP contribution in [0.1, 0.15) is 32.4 Å². The summed E-state index contributed by atoms with van der Waals surface area (Å²) >= 11 is 1.37. The molecule has 1 aromatic heterocycles. The molecule has 1 heterocycles. The van der Waals surface area contributed by atoms with Crippen molar-refractivity contribution in [3.05, 3.63) is 35.9 Å². The molecule has 6 nitrogen and oxygen atoms in total. The Morgan fingerprint density at radius 1 is 1.27 bits per heavy atom. The summed E-state index contributed by atoms with van der Waals surface area (Å²) in [5, 5.41) is 15.0. The van der Waals surface area contributed by atoms with Crippen molar-refractivity contribution in [2.24, 2.45) is 0 Å². The molecule has 1 atom stereocenters. The number of amides is 1. The standard InChI is InChI=1S/C15H21N5OS/c1-11(2)20-15(17-18-19-20)22-12(3)14(21)16-10-9-13-7-5-4-6-8-13/h4-8,11-12H,9-10H2,1-3H3,(H,16,21)/t12-/m0/s1. The minimum Gasteiger partial charge on any atom is -0.355 e. The number of hydrogen-bond donors (Lipinski definition) is 1. The molecule has 0 bridgehead atoms. The van der Waals surface area contributed by atoms with Crippen LogP contribution in [0.15, 0.2) is 35.5 Å². The Bertz CT molecular complexity index is 599. The molecule has 1 aromatic carbocycles. The molecule has 0 aliphatic heterocycles. The van der Waals surface area contributed by atoms with Gasteiger partial charge in [0.1, 0.15) is 0 Å². The van der Waals surface area contributed by atoms with E-state index in [1.54, 1.807) is 4.68 Å². The lowest BCUT2D eigenvalue weighted by atomic mass is 10.1. The molecule has 0 unspecified atom stereocenters. The molecule has 1 N–H and O–H groups in total. The molecule has 1 amide bonds. The van der Waals surface area contributed by atoms with Crippen LogP contribution < -0.4 is 5.32 Å². The van der Waals surface area contributed by atoms with Gasteiger partial charge in [0, 0.05) is 6.54 Å². The number of aromatic nitrogens is 4. The van der Waals surface area contributed by atoms with Gasteiger partial charge in [-0.25, -0.2) is 4.68 Å². The zero-order valence-electron chi connectivity index (χ0n) is 13.1. The SMILES string of the molecule is CC(C)n1nnnc1S[C@@H](C)C(=O)NCCc1ccccc1. The number of tetrazole rings is 1. The molecule has 2 aromatic rings. The van der Waals surface area contributed by atoms with Crippen molar-refractivity contribution in [1.82, 2.24) is 25.5 Å². The average Bonchev–Trinajstić information content (AvgIpc) is 2.96. The minimum absolute atomic E-state index is 0.000706. The van der Waals surface area contributed by atoms with Gasteiger partial charge in [0.2, 0.25) is 11.1 Å². The predicted octanol–water partition coefficient (Wildman–Crippen LogP) is 2.09. The van der Waals surface area contributed by atoms with Crippen molar-refractivity contribution < 1.29 is 4.79 Å². The Hall–Kier alpha value is -1.89. The number of thioether (sulfide) groups is 1. The molecule has 0 fully saturated rings. The molecule has 0 aliphatic carbocycles. The highest BCUT2D eigenvalue weighted by Gasteiger charge is 2.19. The molecule has 118 valence electrons. The highest BCUT2D eigenvalue weighted by molar-refractivity contribution is 8.00. The Morgan fingerprint density at radius 2 is 2.00 bits per heavy atom. The Morgan fingerprint density at radius 3 is 2.68 bits per heavy atom. The van der Waals surface area contributed by atoms with E-state index in [2.05, 4.69) is 33.0 Å². The molecule has 0 aliphatic rings. The number of benzene rings is 1. The maximum atomic E-state index is 12.1. The van der Waals surface area contributed by atoms with E-state index < -0.39 is 0 Å². The van der Waals surface area contributed by atoms with Crippen LogP contribution in [0.4, 0.5) is 0 Å². The minimum atomic E-state index is -0.237. The van der Waals surface area contributed by atoms with Gasteiger partial charge in [0.25, 0.3) is 0 Å². The second-order valence-electron chi connectivity index (χ2n) is 5.29. The summed E-state index contributed by atoms with van der Waals surface area (Å²) in [4.78, 5) is 12.1. The number of nitrogens with one attached hydrogen (secondary N) is 1. The van der Waals surface area contributed by atoms with Crippen molar-refractivity contribution in [2.75, 3.05) is 6.54 Å². The Labute approximate surface area is 134 Å². The van der Waals surface area contributed by atoms with Crippen LogP contribution in [-0.4, -0.2) is 37.9 Å². The molecule has 2 rings (SSSR count). The smallest absolute Gasteiger partial charge is 0.233 e. The van der Waals surface area contributed by atoms with E-state index in [9.17, 15) is 4.79 Å². The lowest BCUT2D eigenvalue weighted by molar-refractivity contribution is -0.120. The molecule has 0 saturated heterocycles. The van der Waals surface area contributed by atoms with Crippen molar-refractivity contribution in [1.29, 1.82) is 0 Å². The van der Waals surface area contributed by atoms with Gasteiger partial charge in [0.05, 0.1) is 11.3 Å². The summed E-state index contributed by atoms with van der Waals surface area (Å²) in [5.74, 6) is -0.000706. The summed E-state index contributed by atoms with van der Waals surface area (Å²) in [6.45, 7) is 6.50. The molecule has 0 saturated carbocycles. The van der Waals surface area contributed by atoms with Gasteiger partial charge in [-0.15, -0.1) is 5.10 Å². The van der Waals surface area contributed by atoms with E-state index in [4.69, 9.17) is 0 Å². The van der Waals surface area contributed by atoms with Gasteiger partial charge in [-0.05, 0) is 43.2 Å². The molecule has 0 spiro atoms. The number of carbonyl (C=O) groups is 1. The number of hydrogen-bond acceptors (Lipinski definition) is 5. The third-order valence-corrected chi connectivity index (χ3v) is 4.21. The van der Waals surface area contributed by atoms with Crippen molar-refractivity contribution >= 4 is 17.7 Å². The second-order valence-corrected chi connectivity index (χ2v) is 6.59. The van der Waals surface area contributed by atoms with Crippen molar-refractivity contribution in [3.63, 3.8) is 0 Å². The Balaban J connectivity index is 1.81. The summed E-state index contributed by atoms with van der Waals surface area (Å²) in [6.07, 6.45) is 0.827. The zero-order chi connectivity index (χ0) is 15.9. The van der Waals surface area contributed by atoms with Crippen LogP contribution in [-0.2, 0) is 11.2 Å². The zero-order valence-corrected chi connectivity index (χ0v) is 13.9.